The van der Waals surface area contributed by atoms with E-state index in [1.165, 1.54) is 0 Å². The molecule has 0 saturated carbocycles. The van der Waals surface area contributed by atoms with Crippen molar-refractivity contribution in [2.75, 3.05) is 0 Å². The fourth-order valence-corrected chi connectivity index (χ4v) is 1.29. The quantitative estimate of drug-likeness (QED) is 0.352. The van der Waals surface area contributed by atoms with Gasteiger partial charge in [-0.05, 0) is 19.3 Å². The van der Waals surface area contributed by atoms with E-state index in [9.17, 15) is 14.4 Å². The molecule has 0 amide bonds. The maximum atomic E-state index is 11.1. The number of hydrogen-bond donors (Lipinski definition) is 1. The van der Waals surface area contributed by atoms with Gasteiger partial charge in [0.1, 0.15) is 12.1 Å². The molecule has 0 atom stereocenters. The fourth-order valence-electron chi connectivity index (χ4n) is 1.29. The topological polar surface area (TPSA) is 71.4 Å². The molecule has 0 spiro atoms. The van der Waals surface area contributed by atoms with Crippen molar-refractivity contribution in [3.8, 4) is 0 Å². The van der Waals surface area contributed by atoms with E-state index in [0.29, 0.717) is 19.3 Å². The zero-order valence-electron chi connectivity index (χ0n) is 9.35. The number of carbonyl (C=O) groups excluding carboxylic acids is 2. The van der Waals surface area contributed by atoms with Gasteiger partial charge in [0.05, 0.1) is 0 Å². The lowest BCUT2D eigenvalue weighted by Crippen LogP contribution is -1.97. The van der Waals surface area contributed by atoms with E-state index in [2.05, 4.69) is 0 Å². The first kappa shape index (κ1) is 14.6. The smallest absolute Gasteiger partial charge is 0.327 e. The molecule has 0 heterocycles. The van der Waals surface area contributed by atoms with Crippen LogP contribution in [0.4, 0.5) is 0 Å². The zero-order chi connectivity index (χ0) is 12.2. The molecule has 0 aromatic carbocycles. The minimum Gasteiger partial charge on any atom is -0.478 e. The Hall–Kier alpha value is -1.45. The van der Waals surface area contributed by atoms with Crippen LogP contribution in [0.5, 0.6) is 0 Å². The van der Waals surface area contributed by atoms with Crippen molar-refractivity contribution in [2.45, 2.75) is 44.9 Å². The largest absolute Gasteiger partial charge is 0.478 e. The Morgan fingerprint density at radius 2 is 1.75 bits per heavy atom. The molecular weight excluding hydrogens is 208 g/mol. The molecule has 0 bridgehead atoms. The van der Waals surface area contributed by atoms with Crippen LogP contribution in [0, 0.1) is 0 Å². The molecule has 0 aromatic heterocycles. The predicted molar refractivity (Wildman–Crippen MR) is 60.2 cm³/mol. The molecule has 0 saturated heterocycles. The Morgan fingerprint density at radius 3 is 2.38 bits per heavy atom. The second-order valence-corrected chi connectivity index (χ2v) is 3.58. The van der Waals surface area contributed by atoms with Crippen molar-refractivity contribution in [3.05, 3.63) is 12.2 Å². The minimum absolute atomic E-state index is 0.133. The summed E-state index contributed by atoms with van der Waals surface area (Å²) < 4.78 is 0. The standard InChI is InChI=1S/C12H18O4/c13-10-6-8-11(14)7-4-2-1-3-5-9-12(15)16/h5,9-10H,1-4,6-8H2,(H,15,16). The van der Waals surface area contributed by atoms with Crippen LogP contribution < -0.4 is 0 Å². The highest BCUT2D eigenvalue weighted by Gasteiger charge is 2.00. The summed E-state index contributed by atoms with van der Waals surface area (Å²) in [6, 6.07) is 0. The summed E-state index contributed by atoms with van der Waals surface area (Å²) in [5.41, 5.74) is 0. The monoisotopic (exact) mass is 226 g/mol. The van der Waals surface area contributed by atoms with Crippen LogP contribution in [-0.2, 0) is 14.4 Å². The van der Waals surface area contributed by atoms with Gasteiger partial charge in [0.25, 0.3) is 0 Å². The summed E-state index contributed by atoms with van der Waals surface area (Å²) in [6.07, 6.45) is 8.06. The number of carboxylic acid groups (broad SMARTS) is 1. The van der Waals surface area contributed by atoms with Crippen LogP contribution in [-0.4, -0.2) is 23.1 Å². The Kier molecular flexibility index (Phi) is 9.17. The number of aliphatic carboxylic acids is 1. The number of ketones is 1. The molecule has 4 heteroatoms. The van der Waals surface area contributed by atoms with Crippen molar-refractivity contribution >= 4 is 18.0 Å². The van der Waals surface area contributed by atoms with Gasteiger partial charge in [0, 0.05) is 25.3 Å². The average Bonchev–Trinajstić information content (AvgIpc) is 2.24. The number of carbonyl (C=O) groups is 3. The van der Waals surface area contributed by atoms with Gasteiger partial charge in [-0.2, -0.15) is 0 Å². The number of Topliss-reactive ketones (excluding diaryl/α,β-unsaturated/α-hetero) is 1. The van der Waals surface area contributed by atoms with Crippen molar-refractivity contribution in [1.82, 2.24) is 0 Å². The van der Waals surface area contributed by atoms with E-state index in [1.54, 1.807) is 6.08 Å². The molecule has 1 N–H and O–H groups in total. The summed E-state index contributed by atoms with van der Waals surface area (Å²) in [6.45, 7) is 0. The fraction of sp³-hybridized carbons (Fsp3) is 0.583. The molecular formula is C12H18O4. The van der Waals surface area contributed by atoms with Gasteiger partial charge in [-0.1, -0.05) is 12.5 Å². The van der Waals surface area contributed by atoms with Crippen molar-refractivity contribution in [3.63, 3.8) is 0 Å². The Balaban J connectivity index is 3.29. The lowest BCUT2D eigenvalue weighted by atomic mass is 10.1. The van der Waals surface area contributed by atoms with Gasteiger partial charge in [-0.15, -0.1) is 0 Å². The third-order valence-corrected chi connectivity index (χ3v) is 2.13. The molecule has 0 unspecified atom stereocenters. The number of aldehydes is 1. The van der Waals surface area contributed by atoms with Crippen molar-refractivity contribution in [1.29, 1.82) is 0 Å². The molecule has 4 nitrogen and oxygen atoms in total. The lowest BCUT2D eigenvalue weighted by Gasteiger charge is -1.98. The number of hydrogen-bond acceptors (Lipinski definition) is 3. The second-order valence-electron chi connectivity index (χ2n) is 3.58. The van der Waals surface area contributed by atoms with Gasteiger partial charge in [0.15, 0.2) is 0 Å². The highest BCUT2D eigenvalue weighted by atomic mass is 16.4. The minimum atomic E-state index is -0.927. The summed E-state index contributed by atoms with van der Waals surface area (Å²) in [5.74, 6) is -0.794. The van der Waals surface area contributed by atoms with Crippen LogP contribution in [0.3, 0.4) is 0 Å². The molecule has 0 fully saturated rings. The summed E-state index contributed by atoms with van der Waals surface area (Å²) >= 11 is 0. The van der Waals surface area contributed by atoms with Crippen molar-refractivity contribution < 1.29 is 19.5 Å². The van der Waals surface area contributed by atoms with E-state index >= 15 is 0 Å². The molecule has 0 aliphatic rings. The number of carboxylic acids is 1. The lowest BCUT2D eigenvalue weighted by molar-refractivity contribution is -0.131. The van der Waals surface area contributed by atoms with Crippen LogP contribution in [0.25, 0.3) is 0 Å². The van der Waals surface area contributed by atoms with E-state index < -0.39 is 5.97 Å². The van der Waals surface area contributed by atoms with E-state index in [0.717, 1.165) is 38.0 Å². The summed E-state index contributed by atoms with van der Waals surface area (Å²) in [7, 11) is 0. The molecule has 0 aromatic rings. The zero-order valence-corrected chi connectivity index (χ0v) is 9.35. The molecule has 16 heavy (non-hydrogen) atoms. The predicted octanol–water partition coefficient (Wildman–Crippen LogP) is 2.13. The Morgan fingerprint density at radius 1 is 1.00 bits per heavy atom. The van der Waals surface area contributed by atoms with Crippen molar-refractivity contribution in [2.24, 2.45) is 0 Å². The Labute approximate surface area is 95.3 Å². The molecule has 90 valence electrons. The van der Waals surface area contributed by atoms with Gasteiger partial charge in [-0.3, -0.25) is 4.79 Å². The first-order chi connectivity index (χ1) is 7.66. The second kappa shape index (κ2) is 10.1. The first-order valence-corrected chi connectivity index (χ1v) is 5.51. The van der Waals surface area contributed by atoms with E-state index in [-0.39, 0.29) is 5.78 Å². The summed E-state index contributed by atoms with van der Waals surface area (Å²) in [4.78, 5) is 31.3. The highest BCUT2D eigenvalue weighted by Crippen LogP contribution is 2.06. The van der Waals surface area contributed by atoms with E-state index in [1.807, 2.05) is 0 Å². The van der Waals surface area contributed by atoms with Crippen LogP contribution >= 0.6 is 0 Å². The maximum absolute atomic E-state index is 11.1. The van der Waals surface area contributed by atoms with E-state index in [4.69, 9.17) is 5.11 Å². The Bertz CT molecular complexity index is 256. The molecule has 0 radical (unpaired) electrons. The van der Waals surface area contributed by atoms with Crippen LogP contribution in [0.2, 0.25) is 0 Å². The third-order valence-electron chi connectivity index (χ3n) is 2.13. The average molecular weight is 226 g/mol. The maximum Gasteiger partial charge on any atom is 0.327 e. The molecule has 0 aliphatic carbocycles. The number of allylic oxidation sites excluding steroid dienone is 1. The van der Waals surface area contributed by atoms with Crippen LogP contribution in [0.1, 0.15) is 44.9 Å². The third kappa shape index (κ3) is 10.6. The number of unbranched alkanes of at least 4 members (excludes halogenated alkanes) is 3. The van der Waals surface area contributed by atoms with Crippen LogP contribution in [0.15, 0.2) is 12.2 Å². The van der Waals surface area contributed by atoms with Gasteiger partial charge >= 0.3 is 5.97 Å². The van der Waals surface area contributed by atoms with Gasteiger partial charge in [0.2, 0.25) is 0 Å². The molecule has 0 rings (SSSR count). The van der Waals surface area contributed by atoms with Gasteiger partial charge in [-0.25, -0.2) is 4.79 Å². The highest BCUT2D eigenvalue weighted by molar-refractivity contribution is 5.80. The number of rotatable bonds is 10. The normalized spacial score (nSPS) is 10.5. The SMILES string of the molecule is O=CCCC(=O)CCCCCC=CC(=O)O. The van der Waals surface area contributed by atoms with Gasteiger partial charge < -0.3 is 9.90 Å². The first-order valence-electron chi connectivity index (χ1n) is 5.51. The summed E-state index contributed by atoms with van der Waals surface area (Å²) in [5, 5.41) is 8.31. The molecule has 0 aliphatic heterocycles.